The topological polar surface area (TPSA) is 104 Å². The van der Waals surface area contributed by atoms with E-state index in [1.807, 2.05) is 30.3 Å². The summed E-state index contributed by atoms with van der Waals surface area (Å²) < 4.78 is 12.3. The van der Waals surface area contributed by atoms with Gasteiger partial charge in [0.15, 0.2) is 0 Å². The Hall–Kier alpha value is -3.45. The lowest BCUT2D eigenvalue weighted by Gasteiger charge is -2.36. The number of hydrogen-bond acceptors (Lipinski definition) is 8. The van der Waals surface area contributed by atoms with Crippen LogP contribution in [-0.2, 0) is 22.6 Å². The van der Waals surface area contributed by atoms with Gasteiger partial charge in [0.1, 0.15) is 12.4 Å². The second-order valence-corrected chi connectivity index (χ2v) is 10.2. The Morgan fingerprint density at radius 2 is 2.11 bits per heavy atom. The number of nitrogens with zero attached hydrogens (tertiary/aromatic N) is 5. The van der Waals surface area contributed by atoms with E-state index in [9.17, 15) is 10.1 Å². The fourth-order valence-corrected chi connectivity index (χ4v) is 5.36. The van der Waals surface area contributed by atoms with Crippen LogP contribution in [0.3, 0.4) is 0 Å². The minimum absolute atomic E-state index is 0.0223. The molecule has 1 N–H and O–H groups in total. The number of nitriles is 1. The van der Waals surface area contributed by atoms with E-state index in [1.165, 1.54) is 4.90 Å². The van der Waals surface area contributed by atoms with Gasteiger partial charge in [0.25, 0.3) is 0 Å². The minimum Gasteiger partial charge on any atom is -0.463 e. The summed E-state index contributed by atoms with van der Waals surface area (Å²) in [5.74, 6) is 0.744. The summed E-state index contributed by atoms with van der Waals surface area (Å²) in [6.45, 7) is 2.68. The summed E-state index contributed by atoms with van der Waals surface area (Å²) in [6.07, 6.45) is 0.961. The number of rotatable bonds is 7. The molecule has 1 fully saturated rings. The first-order valence-corrected chi connectivity index (χ1v) is 13.2. The number of halogens is 1. The number of amides is 1. The van der Waals surface area contributed by atoms with Crippen LogP contribution in [0.4, 0.5) is 5.82 Å². The second-order valence-electron chi connectivity index (χ2n) is 9.79. The first kappa shape index (κ1) is 26.2. The van der Waals surface area contributed by atoms with Crippen LogP contribution < -0.4 is 15.0 Å². The lowest BCUT2D eigenvalue weighted by atomic mass is 9.94. The highest BCUT2D eigenvalue weighted by molar-refractivity contribution is 6.35. The number of piperazine rings is 1. The number of carbonyl (C=O) groups excluding carboxylic acids is 1. The Balaban J connectivity index is 1.47. The van der Waals surface area contributed by atoms with Gasteiger partial charge in [-0.2, -0.15) is 15.2 Å². The maximum absolute atomic E-state index is 12.0. The molecule has 2 aliphatic heterocycles. The van der Waals surface area contributed by atoms with Gasteiger partial charge in [-0.3, -0.25) is 4.79 Å². The summed E-state index contributed by atoms with van der Waals surface area (Å²) in [6, 6.07) is 14.6. The van der Waals surface area contributed by atoms with E-state index in [1.54, 1.807) is 14.1 Å². The molecule has 1 amide bonds. The van der Waals surface area contributed by atoms with Gasteiger partial charge in [0.2, 0.25) is 5.91 Å². The van der Waals surface area contributed by atoms with Gasteiger partial charge < -0.3 is 24.6 Å². The van der Waals surface area contributed by atoms with Crippen LogP contribution in [0.1, 0.15) is 35.8 Å². The number of hydrogen-bond donors (Lipinski definition) is 1. The van der Waals surface area contributed by atoms with Gasteiger partial charge >= 0.3 is 6.01 Å². The molecule has 2 atom stereocenters. The predicted octanol–water partition coefficient (Wildman–Crippen LogP) is 3.65. The van der Waals surface area contributed by atoms with Gasteiger partial charge in [0.05, 0.1) is 37.3 Å². The minimum atomic E-state index is -0.230. The summed E-state index contributed by atoms with van der Waals surface area (Å²) in [5, 5.41) is 15.3. The fourth-order valence-electron chi connectivity index (χ4n) is 5.07. The number of anilines is 1. The Kier molecular flexibility index (Phi) is 7.93. The summed E-state index contributed by atoms with van der Waals surface area (Å²) in [4.78, 5) is 25.3. The Morgan fingerprint density at radius 3 is 2.89 bits per heavy atom. The van der Waals surface area contributed by atoms with E-state index in [0.29, 0.717) is 31.0 Å². The van der Waals surface area contributed by atoms with E-state index in [0.717, 1.165) is 46.5 Å². The van der Waals surface area contributed by atoms with Crippen molar-refractivity contribution in [1.82, 2.24) is 20.2 Å². The maximum atomic E-state index is 12.0. The molecule has 3 heterocycles. The zero-order valence-corrected chi connectivity index (χ0v) is 22.4. The molecule has 9 nitrogen and oxygen atoms in total. The van der Waals surface area contributed by atoms with E-state index in [4.69, 9.17) is 31.0 Å². The molecule has 2 aliphatic rings. The molecule has 3 aromatic rings. The molecular weight excluding hydrogens is 504 g/mol. The molecule has 0 radical (unpaired) electrons. The summed E-state index contributed by atoms with van der Waals surface area (Å²) in [7, 11) is 3.44. The van der Waals surface area contributed by atoms with Crippen molar-refractivity contribution < 1.29 is 14.3 Å². The van der Waals surface area contributed by atoms with Gasteiger partial charge in [-0.25, -0.2) is 0 Å². The molecule has 1 saturated heterocycles. The summed E-state index contributed by atoms with van der Waals surface area (Å²) >= 11 is 6.61. The van der Waals surface area contributed by atoms with Crippen molar-refractivity contribution in [3.05, 3.63) is 58.2 Å². The Morgan fingerprint density at radius 1 is 1.29 bits per heavy atom. The number of aromatic nitrogens is 2. The Bertz CT molecular complexity index is 1370. The van der Waals surface area contributed by atoms with Crippen LogP contribution in [0, 0.1) is 11.3 Å². The van der Waals surface area contributed by atoms with Crippen molar-refractivity contribution >= 4 is 34.1 Å². The highest BCUT2D eigenvalue weighted by atomic mass is 35.5. The van der Waals surface area contributed by atoms with Crippen molar-refractivity contribution in [1.29, 1.82) is 5.26 Å². The molecular formula is C28H31ClN6O3. The van der Waals surface area contributed by atoms with Crippen LogP contribution in [0.25, 0.3) is 10.8 Å². The Labute approximate surface area is 227 Å². The van der Waals surface area contributed by atoms with Crippen molar-refractivity contribution in [3.8, 4) is 12.1 Å². The summed E-state index contributed by atoms with van der Waals surface area (Å²) in [5.41, 5.74) is 2.82. The van der Waals surface area contributed by atoms with Crippen LogP contribution in [0.5, 0.6) is 6.01 Å². The number of fused-ring (bicyclic) bond motifs is 2. The zero-order chi connectivity index (χ0) is 26.6. The predicted molar refractivity (Wildman–Crippen MR) is 145 cm³/mol. The normalized spacial score (nSPS) is 19.1. The molecule has 0 saturated carbocycles. The molecule has 0 aliphatic carbocycles. The first-order valence-electron chi connectivity index (χ1n) is 12.8. The van der Waals surface area contributed by atoms with Crippen LogP contribution >= 0.6 is 11.6 Å². The third-order valence-corrected chi connectivity index (χ3v) is 7.34. The largest absolute Gasteiger partial charge is 0.463 e. The second kappa shape index (κ2) is 11.5. The lowest BCUT2D eigenvalue weighted by molar-refractivity contribution is -0.129. The quantitative estimate of drug-likeness (QED) is 0.490. The third kappa shape index (κ3) is 5.53. The van der Waals surface area contributed by atoms with Gasteiger partial charge in [-0.1, -0.05) is 41.9 Å². The highest BCUT2D eigenvalue weighted by Crippen LogP contribution is 2.39. The van der Waals surface area contributed by atoms with Crippen molar-refractivity contribution in [2.75, 3.05) is 45.2 Å². The molecule has 10 heteroatoms. The van der Waals surface area contributed by atoms with Crippen LogP contribution in [-0.4, -0.2) is 67.2 Å². The molecule has 38 heavy (non-hydrogen) atoms. The monoisotopic (exact) mass is 534 g/mol. The van der Waals surface area contributed by atoms with E-state index in [2.05, 4.69) is 22.4 Å². The molecule has 198 valence electrons. The number of nitrogens with one attached hydrogen (secondary N) is 1. The van der Waals surface area contributed by atoms with Crippen molar-refractivity contribution in [3.63, 3.8) is 0 Å². The number of benzene rings is 2. The van der Waals surface area contributed by atoms with E-state index >= 15 is 0 Å². The molecule has 2 aromatic carbocycles. The van der Waals surface area contributed by atoms with Crippen LogP contribution in [0.2, 0.25) is 5.02 Å². The average molecular weight is 535 g/mol. The van der Waals surface area contributed by atoms with Gasteiger partial charge in [-0.15, -0.1) is 0 Å². The van der Waals surface area contributed by atoms with E-state index < -0.39 is 0 Å². The first-order chi connectivity index (χ1) is 18.4. The molecule has 5 rings (SSSR count). The maximum Gasteiger partial charge on any atom is 0.318 e. The zero-order valence-electron chi connectivity index (χ0n) is 21.6. The van der Waals surface area contributed by atoms with Gasteiger partial charge in [0, 0.05) is 62.2 Å². The molecule has 0 spiro atoms. The SMILES string of the molecule is CN(C)C(=O)CCOc1nc2c(c(N3CCN[C@@H](CC#N)C3)n1)COC(c1cccc3cccc(Cl)c13)C2. The van der Waals surface area contributed by atoms with Crippen molar-refractivity contribution in [2.24, 2.45) is 0 Å². The number of ether oxygens (including phenoxy) is 2. The lowest BCUT2D eigenvalue weighted by Crippen LogP contribution is -2.51. The number of carbonyl (C=O) groups is 1. The molecule has 1 aromatic heterocycles. The third-order valence-electron chi connectivity index (χ3n) is 7.03. The standard InChI is InChI=1S/C28H31ClN6O3/c1-34(2)25(36)10-14-37-28-32-23-15-24(20-7-3-5-18-6-4-8-22(29)26(18)20)38-17-21(23)27(33-28)35-13-12-31-19(16-35)9-11-30/h3-8,19,24,31H,9-10,12-17H2,1-2H3/t19-,24?/m0/s1. The van der Waals surface area contributed by atoms with Crippen LogP contribution in [0.15, 0.2) is 36.4 Å². The average Bonchev–Trinajstić information content (AvgIpc) is 2.92. The van der Waals surface area contributed by atoms with Crippen molar-refractivity contribution in [2.45, 2.75) is 38.0 Å². The molecule has 0 bridgehead atoms. The fraction of sp³-hybridized carbons (Fsp3) is 0.429. The van der Waals surface area contributed by atoms with Gasteiger partial charge in [-0.05, 0) is 17.0 Å². The highest BCUT2D eigenvalue weighted by Gasteiger charge is 2.31. The van der Waals surface area contributed by atoms with E-state index in [-0.39, 0.29) is 37.1 Å². The molecule has 1 unspecified atom stereocenters. The smallest absolute Gasteiger partial charge is 0.318 e.